The number of hydrogen-bond donors (Lipinski definition) is 4. The van der Waals surface area contributed by atoms with Gasteiger partial charge in [0.1, 0.15) is 11.3 Å². The van der Waals surface area contributed by atoms with Gasteiger partial charge in [0, 0.05) is 16.8 Å². The molecule has 31 heavy (non-hydrogen) atoms. The van der Waals surface area contributed by atoms with Crippen LogP contribution >= 0.6 is 0 Å². The molecule has 156 valence electrons. The molecule has 0 spiro atoms. The van der Waals surface area contributed by atoms with E-state index >= 15 is 0 Å². The standard InChI is InChI=1S/C23H18N2O6/c1-30-23(29)17-12-11-16(31-17)13-7-9-15(10-8-13)24-21(27)18-20(26)19(25-22(18)28)14-5-3-2-4-6-14/h2-12,25-26,28H,1H3,(H,24,27). The van der Waals surface area contributed by atoms with Crippen LogP contribution in [0.25, 0.3) is 22.6 Å². The predicted octanol–water partition coefficient (Wildman–Crippen LogP) is 4.39. The van der Waals surface area contributed by atoms with E-state index in [2.05, 4.69) is 15.0 Å². The normalized spacial score (nSPS) is 10.6. The molecule has 0 unspecified atom stereocenters. The maximum absolute atomic E-state index is 12.6. The third-order valence-electron chi connectivity index (χ3n) is 4.66. The largest absolute Gasteiger partial charge is 0.505 e. The number of carbonyl (C=O) groups is 2. The van der Waals surface area contributed by atoms with Crippen LogP contribution in [-0.4, -0.2) is 34.2 Å². The smallest absolute Gasteiger partial charge is 0.373 e. The van der Waals surface area contributed by atoms with Gasteiger partial charge in [0.2, 0.25) is 11.6 Å². The van der Waals surface area contributed by atoms with Crippen molar-refractivity contribution in [2.24, 2.45) is 0 Å². The highest BCUT2D eigenvalue weighted by atomic mass is 16.5. The van der Waals surface area contributed by atoms with Gasteiger partial charge in [0.05, 0.1) is 12.8 Å². The number of aromatic amines is 1. The molecule has 2 aromatic carbocycles. The van der Waals surface area contributed by atoms with Gasteiger partial charge in [-0.05, 0) is 36.4 Å². The topological polar surface area (TPSA) is 125 Å². The first-order chi connectivity index (χ1) is 15.0. The molecule has 4 aromatic rings. The van der Waals surface area contributed by atoms with E-state index in [0.717, 1.165) is 0 Å². The number of benzene rings is 2. The van der Waals surface area contributed by atoms with E-state index in [1.54, 1.807) is 54.6 Å². The molecule has 0 radical (unpaired) electrons. The Hall–Kier alpha value is -4.46. The SMILES string of the molecule is COC(=O)c1ccc(-c2ccc(NC(=O)c3c(O)[nH]c(-c4ccccc4)c3O)cc2)o1. The highest BCUT2D eigenvalue weighted by Gasteiger charge is 2.24. The van der Waals surface area contributed by atoms with Gasteiger partial charge in [-0.25, -0.2) is 4.79 Å². The van der Waals surface area contributed by atoms with Gasteiger partial charge in [0.25, 0.3) is 5.91 Å². The van der Waals surface area contributed by atoms with Crippen molar-refractivity contribution in [1.29, 1.82) is 0 Å². The average Bonchev–Trinajstić information content (AvgIpc) is 3.39. The molecule has 4 N–H and O–H groups in total. The third-order valence-corrected chi connectivity index (χ3v) is 4.66. The molecule has 4 rings (SSSR count). The van der Waals surface area contributed by atoms with Crippen molar-refractivity contribution in [3.8, 4) is 34.2 Å². The van der Waals surface area contributed by atoms with Crippen molar-refractivity contribution in [2.45, 2.75) is 0 Å². The summed E-state index contributed by atoms with van der Waals surface area (Å²) in [4.78, 5) is 26.8. The third kappa shape index (κ3) is 3.86. The zero-order valence-corrected chi connectivity index (χ0v) is 16.4. The van der Waals surface area contributed by atoms with Crippen molar-refractivity contribution >= 4 is 17.6 Å². The van der Waals surface area contributed by atoms with Crippen LogP contribution < -0.4 is 5.32 Å². The van der Waals surface area contributed by atoms with E-state index < -0.39 is 17.8 Å². The molecule has 0 saturated heterocycles. The molecule has 0 aliphatic heterocycles. The van der Waals surface area contributed by atoms with Crippen LogP contribution in [0.2, 0.25) is 0 Å². The number of amides is 1. The van der Waals surface area contributed by atoms with Crippen LogP contribution in [0.5, 0.6) is 11.6 Å². The van der Waals surface area contributed by atoms with E-state index in [1.165, 1.54) is 13.2 Å². The summed E-state index contributed by atoms with van der Waals surface area (Å²) in [5, 5.41) is 23.3. The Morgan fingerprint density at radius 1 is 0.935 bits per heavy atom. The molecule has 0 fully saturated rings. The van der Waals surface area contributed by atoms with Crippen LogP contribution in [0, 0.1) is 0 Å². The number of hydrogen-bond acceptors (Lipinski definition) is 6. The number of rotatable bonds is 5. The van der Waals surface area contributed by atoms with Crippen LogP contribution in [0.3, 0.4) is 0 Å². The molecule has 1 amide bonds. The molecule has 0 aliphatic rings. The van der Waals surface area contributed by atoms with Crippen LogP contribution in [0.15, 0.2) is 71.1 Å². The summed E-state index contributed by atoms with van der Waals surface area (Å²) in [7, 11) is 1.27. The Labute approximate surface area is 176 Å². The first-order valence-electron chi connectivity index (χ1n) is 9.27. The Balaban J connectivity index is 1.53. The van der Waals surface area contributed by atoms with E-state index in [1.807, 2.05) is 6.07 Å². The van der Waals surface area contributed by atoms with Crippen LogP contribution in [0.1, 0.15) is 20.9 Å². The number of H-pyrrole nitrogens is 1. The van der Waals surface area contributed by atoms with Gasteiger partial charge in [-0.2, -0.15) is 0 Å². The minimum absolute atomic E-state index is 0.0857. The molecule has 0 saturated carbocycles. The first-order valence-corrected chi connectivity index (χ1v) is 9.27. The molecule has 8 heteroatoms. The molecule has 0 bridgehead atoms. The number of nitrogens with one attached hydrogen (secondary N) is 2. The monoisotopic (exact) mass is 418 g/mol. The van der Waals surface area contributed by atoms with Gasteiger partial charge in [-0.1, -0.05) is 30.3 Å². The summed E-state index contributed by atoms with van der Waals surface area (Å²) in [5.41, 5.74) is 1.75. The zero-order chi connectivity index (χ0) is 22.0. The van der Waals surface area contributed by atoms with Gasteiger partial charge in [0.15, 0.2) is 5.75 Å². The second-order valence-corrected chi connectivity index (χ2v) is 6.63. The van der Waals surface area contributed by atoms with E-state index in [9.17, 15) is 19.8 Å². The fourth-order valence-electron chi connectivity index (χ4n) is 3.12. The number of aromatic nitrogens is 1. The summed E-state index contributed by atoms with van der Waals surface area (Å²) in [5.74, 6) is -1.47. The number of anilines is 1. The lowest BCUT2D eigenvalue weighted by atomic mass is 10.1. The summed E-state index contributed by atoms with van der Waals surface area (Å²) < 4.78 is 10.1. The Morgan fingerprint density at radius 2 is 1.65 bits per heavy atom. The number of carbonyl (C=O) groups excluding carboxylic acids is 2. The highest BCUT2D eigenvalue weighted by molar-refractivity contribution is 6.09. The second-order valence-electron chi connectivity index (χ2n) is 6.63. The Morgan fingerprint density at radius 3 is 2.32 bits per heavy atom. The molecule has 0 aliphatic carbocycles. The number of ether oxygens (including phenoxy) is 1. The lowest BCUT2D eigenvalue weighted by Crippen LogP contribution is -2.11. The summed E-state index contributed by atoms with van der Waals surface area (Å²) in [6.07, 6.45) is 0. The number of furan rings is 1. The summed E-state index contributed by atoms with van der Waals surface area (Å²) >= 11 is 0. The molecule has 2 aromatic heterocycles. The quantitative estimate of drug-likeness (QED) is 0.356. The Bertz CT molecular complexity index is 1240. The first kappa shape index (κ1) is 19.8. The number of esters is 1. The van der Waals surface area contributed by atoms with E-state index in [4.69, 9.17) is 4.42 Å². The lowest BCUT2D eigenvalue weighted by Gasteiger charge is -2.06. The average molecular weight is 418 g/mol. The summed E-state index contributed by atoms with van der Waals surface area (Å²) in [6, 6.07) is 18.7. The molecular formula is C23H18N2O6. The highest BCUT2D eigenvalue weighted by Crippen LogP contribution is 2.37. The van der Waals surface area contributed by atoms with Crippen LogP contribution in [-0.2, 0) is 4.74 Å². The van der Waals surface area contributed by atoms with Crippen molar-refractivity contribution in [1.82, 2.24) is 4.98 Å². The number of aromatic hydroxyl groups is 2. The van der Waals surface area contributed by atoms with Gasteiger partial charge in [-0.3, -0.25) is 4.79 Å². The van der Waals surface area contributed by atoms with Crippen molar-refractivity contribution in [3.05, 3.63) is 78.1 Å². The lowest BCUT2D eigenvalue weighted by molar-refractivity contribution is 0.0566. The maximum atomic E-state index is 12.6. The molecule has 8 nitrogen and oxygen atoms in total. The Kier molecular flexibility index (Phi) is 5.19. The summed E-state index contributed by atoms with van der Waals surface area (Å²) in [6.45, 7) is 0. The number of methoxy groups -OCH3 is 1. The van der Waals surface area contributed by atoms with Gasteiger partial charge in [-0.15, -0.1) is 0 Å². The van der Waals surface area contributed by atoms with Crippen molar-refractivity contribution in [3.63, 3.8) is 0 Å². The van der Waals surface area contributed by atoms with E-state index in [0.29, 0.717) is 22.6 Å². The fourth-order valence-corrected chi connectivity index (χ4v) is 3.12. The predicted molar refractivity (Wildman–Crippen MR) is 113 cm³/mol. The zero-order valence-electron chi connectivity index (χ0n) is 16.4. The minimum atomic E-state index is -0.674. The molecular weight excluding hydrogens is 400 g/mol. The maximum Gasteiger partial charge on any atom is 0.373 e. The van der Waals surface area contributed by atoms with Crippen LogP contribution in [0.4, 0.5) is 5.69 Å². The molecule has 2 heterocycles. The van der Waals surface area contributed by atoms with Crippen molar-refractivity contribution < 1.29 is 29.0 Å². The fraction of sp³-hybridized carbons (Fsp3) is 0.0435. The van der Waals surface area contributed by atoms with Gasteiger partial charge >= 0.3 is 5.97 Å². The van der Waals surface area contributed by atoms with Gasteiger partial charge < -0.3 is 29.7 Å². The second kappa shape index (κ2) is 8.11. The van der Waals surface area contributed by atoms with E-state index in [-0.39, 0.29) is 22.8 Å². The molecule has 0 atom stereocenters. The van der Waals surface area contributed by atoms with Crippen molar-refractivity contribution in [2.75, 3.05) is 12.4 Å². The minimum Gasteiger partial charge on any atom is -0.505 e.